The largest absolute Gasteiger partial charge is 0.277 e. The van der Waals surface area contributed by atoms with Gasteiger partial charge in [-0.25, -0.2) is 0 Å². The van der Waals surface area contributed by atoms with Gasteiger partial charge in [0.1, 0.15) is 0 Å². The molecule has 1 N–H and O–H groups in total. The molecular formula is C10H15N3. The molecule has 0 saturated carbocycles. The molecule has 1 rings (SSSR count). The third-order valence-corrected chi connectivity index (χ3v) is 1.86. The molecule has 3 nitrogen and oxygen atoms in total. The van der Waals surface area contributed by atoms with E-state index in [4.69, 9.17) is 0 Å². The number of nitrogens with one attached hydrogen (secondary N) is 1. The van der Waals surface area contributed by atoms with Gasteiger partial charge in [0.25, 0.3) is 0 Å². The smallest absolute Gasteiger partial charge is 0.0745 e. The molecule has 70 valence electrons. The number of anilines is 1. The topological polar surface area (TPSA) is 37.3 Å². The van der Waals surface area contributed by atoms with Crippen LogP contribution in [0.25, 0.3) is 0 Å². The summed E-state index contributed by atoms with van der Waals surface area (Å²) in [6, 6.07) is 3.81. The van der Waals surface area contributed by atoms with Gasteiger partial charge in [0.05, 0.1) is 11.9 Å². The minimum Gasteiger partial charge on any atom is -0.277 e. The number of hydrogen-bond donors (Lipinski definition) is 1. The van der Waals surface area contributed by atoms with Crippen LogP contribution in [0, 0.1) is 5.92 Å². The quantitative estimate of drug-likeness (QED) is 0.569. The summed E-state index contributed by atoms with van der Waals surface area (Å²) in [6.07, 6.45) is 3.49. The zero-order valence-corrected chi connectivity index (χ0v) is 8.28. The number of nitrogens with zero attached hydrogens (tertiary/aromatic N) is 2. The summed E-state index contributed by atoms with van der Waals surface area (Å²) < 4.78 is 0. The van der Waals surface area contributed by atoms with Gasteiger partial charge in [0.2, 0.25) is 0 Å². The predicted molar refractivity (Wildman–Crippen MR) is 55.8 cm³/mol. The average molecular weight is 177 g/mol. The molecule has 0 aliphatic rings. The molecule has 1 aromatic heterocycles. The summed E-state index contributed by atoms with van der Waals surface area (Å²) in [5, 5.41) is 4.22. The second-order valence-electron chi connectivity index (χ2n) is 3.26. The Kier molecular flexibility index (Phi) is 3.43. The van der Waals surface area contributed by atoms with E-state index in [2.05, 4.69) is 29.4 Å². The molecule has 0 aliphatic carbocycles. The van der Waals surface area contributed by atoms with Crippen LogP contribution in [0.2, 0.25) is 0 Å². The number of pyridine rings is 1. The van der Waals surface area contributed by atoms with E-state index in [-0.39, 0.29) is 0 Å². The van der Waals surface area contributed by atoms with Gasteiger partial charge in [-0.15, -0.1) is 0 Å². The molecule has 0 atom stereocenters. The third kappa shape index (κ3) is 3.23. The Balaban J connectivity index is 2.57. The minimum atomic E-state index is 0.476. The molecule has 0 amide bonds. The molecule has 0 radical (unpaired) electrons. The first-order valence-corrected chi connectivity index (χ1v) is 4.40. The van der Waals surface area contributed by atoms with Crippen molar-refractivity contribution in [2.24, 2.45) is 11.0 Å². The van der Waals surface area contributed by atoms with Crippen molar-refractivity contribution in [2.75, 3.05) is 5.43 Å². The number of hydrazone groups is 1. The lowest BCUT2D eigenvalue weighted by molar-refractivity contribution is 0.874. The highest BCUT2D eigenvalue weighted by atomic mass is 15.3. The fourth-order valence-electron chi connectivity index (χ4n) is 0.711. The lowest BCUT2D eigenvalue weighted by atomic mass is 10.1. The van der Waals surface area contributed by atoms with Crippen LogP contribution in [0.4, 0.5) is 5.69 Å². The number of hydrogen-bond acceptors (Lipinski definition) is 3. The first-order valence-electron chi connectivity index (χ1n) is 4.40. The fraction of sp³-hybridized carbons (Fsp3) is 0.400. The number of aromatic nitrogens is 1. The second-order valence-corrected chi connectivity index (χ2v) is 3.26. The molecule has 0 aliphatic heterocycles. The maximum absolute atomic E-state index is 4.22. The van der Waals surface area contributed by atoms with Crippen molar-refractivity contribution in [1.29, 1.82) is 0 Å². The maximum Gasteiger partial charge on any atom is 0.0745 e. The maximum atomic E-state index is 4.22. The normalized spacial score (nSPS) is 11.8. The molecule has 0 fully saturated rings. The van der Waals surface area contributed by atoms with Crippen molar-refractivity contribution in [3.63, 3.8) is 0 Å². The van der Waals surface area contributed by atoms with E-state index in [1.165, 1.54) is 0 Å². The summed E-state index contributed by atoms with van der Waals surface area (Å²) in [7, 11) is 0. The third-order valence-electron chi connectivity index (χ3n) is 1.86. The van der Waals surface area contributed by atoms with Crippen molar-refractivity contribution in [3.8, 4) is 0 Å². The van der Waals surface area contributed by atoms with Crippen LogP contribution in [0.5, 0.6) is 0 Å². The van der Waals surface area contributed by atoms with Crippen LogP contribution in [-0.4, -0.2) is 10.7 Å². The van der Waals surface area contributed by atoms with E-state index >= 15 is 0 Å². The van der Waals surface area contributed by atoms with Crippen LogP contribution in [0.1, 0.15) is 20.8 Å². The minimum absolute atomic E-state index is 0.476. The zero-order chi connectivity index (χ0) is 9.68. The molecule has 0 spiro atoms. The van der Waals surface area contributed by atoms with Crippen molar-refractivity contribution >= 4 is 11.4 Å². The first-order chi connectivity index (χ1) is 6.20. The Morgan fingerprint density at radius 1 is 1.54 bits per heavy atom. The summed E-state index contributed by atoms with van der Waals surface area (Å²) in [5.74, 6) is 0.476. The van der Waals surface area contributed by atoms with Crippen molar-refractivity contribution in [1.82, 2.24) is 4.98 Å². The Labute approximate surface area is 78.9 Å². The standard InChI is InChI=1S/C10H15N3/c1-8(2)9(3)12-13-10-5-4-6-11-7-10/h4-8,13H,1-3H3. The summed E-state index contributed by atoms with van der Waals surface area (Å²) in [5.41, 5.74) is 4.96. The zero-order valence-electron chi connectivity index (χ0n) is 8.28. The summed E-state index contributed by atoms with van der Waals surface area (Å²) >= 11 is 0. The highest BCUT2D eigenvalue weighted by Gasteiger charge is 1.96. The second kappa shape index (κ2) is 4.60. The Bertz CT molecular complexity index is 277. The van der Waals surface area contributed by atoms with E-state index in [0.717, 1.165) is 11.4 Å². The fourth-order valence-corrected chi connectivity index (χ4v) is 0.711. The SMILES string of the molecule is CC(=NNc1cccnc1)C(C)C. The monoisotopic (exact) mass is 177 g/mol. The molecule has 0 aromatic carbocycles. The van der Waals surface area contributed by atoms with Gasteiger partial charge < -0.3 is 0 Å². The molecule has 3 heteroatoms. The average Bonchev–Trinajstić information content (AvgIpc) is 2.15. The van der Waals surface area contributed by atoms with Crippen LogP contribution in [-0.2, 0) is 0 Å². The number of rotatable bonds is 3. The molecular weight excluding hydrogens is 162 g/mol. The van der Waals surface area contributed by atoms with Crippen LogP contribution < -0.4 is 5.43 Å². The highest BCUT2D eigenvalue weighted by molar-refractivity contribution is 5.84. The lowest BCUT2D eigenvalue weighted by Crippen LogP contribution is -2.04. The molecule has 1 aromatic rings. The molecule has 0 unspecified atom stereocenters. The van der Waals surface area contributed by atoms with Gasteiger partial charge in [0, 0.05) is 11.9 Å². The van der Waals surface area contributed by atoms with E-state index in [1.54, 1.807) is 12.4 Å². The van der Waals surface area contributed by atoms with Gasteiger partial charge in [-0.2, -0.15) is 5.10 Å². The van der Waals surface area contributed by atoms with Gasteiger partial charge in [-0.05, 0) is 25.0 Å². The van der Waals surface area contributed by atoms with Gasteiger partial charge >= 0.3 is 0 Å². The van der Waals surface area contributed by atoms with Gasteiger partial charge in [-0.3, -0.25) is 10.4 Å². The molecule has 13 heavy (non-hydrogen) atoms. The van der Waals surface area contributed by atoms with E-state index in [0.29, 0.717) is 5.92 Å². The first kappa shape index (κ1) is 9.71. The van der Waals surface area contributed by atoms with Crippen LogP contribution in [0.3, 0.4) is 0 Å². The van der Waals surface area contributed by atoms with E-state index in [9.17, 15) is 0 Å². The van der Waals surface area contributed by atoms with E-state index < -0.39 is 0 Å². The van der Waals surface area contributed by atoms with E-state index in [1.807, 2.05) is 19.1 Å². The summed E-state index contributed by atoms with van der Waals surface area (Å²) in [4.78, 5) is 3.98. The van der Waals surface area contributed by atoms with Crippen molar-refractivity contribution < 1.29 is 0 Å². The van der Waals surface area contributed by atoms with Crippen LogP contribution >= 0.6 is 0 Å². The van der Waals surface area contributed by atoms with Crippen molar-refractivity contribution in [2.45, 2.75) is 20.8 Å². The lowest BCUT2D eigenvalue weighted by Gasteiger charge is -2.04. The Morgan fingerprint density at radius 2 is 2.31 bits per heavy atom. The molecule has 0 bridgehead atoms. The molecule has 0 saturated heterocycles. The summed E-state index contributed by atoms with van der Waals surface area (Å²) in [6.45, 7) is 6.24. The van der Waals surface area contributed by atoms with Gasteiger partial charge in [0.15, 0.2) is 0 Å². The Hall–Kier alpha value is -1.38. The molecule has 1 heterocycles. The highest BCUT2D eigenvalue weighted by Crippen LogP contribution is 2.03. The Morgan fingerprint density at radius 3 is 2.85 bits per heavy atom. The van der Waals surface area contributed by atoms with Crippen LogP contribution in [0.15, 0.2) is 29.6 Å². The van der Waals surface area contributed by atoms with Gasteiger partial charge in [-0.1, -0.05) is 13.8 Å². The predicted octanol–water partition coefficient (Wildman–Crippen LogP) is 2.53. The van der Waals surface area contributed by atoms with Crippen molar-refractivity contribution in [3.05, 3.63) is 24.5 Å².